The summed E-state index contributed by atoms with van der Waals surface area (Å²) in [6, 6.07) is 5.34. The van der Waals surface area contributed by atoms with Crippen molar-refractivity contribution in [3.05, 3.63) is 35.1 Å². The van der Waals surface area contributed by atoms with Gasteiger partial charge in [0, 0.05) is 13.1 Å². The molecule has 1 unspecified atom stereocenters. The molecule has 112 valence electrons. The standard InChI is InChI=1S/C16H26FN3/c1-6-18-16(19-10-11(2)3)20-13(5)14-8-7-12(4)15(17)9-14/h7-9,11,13H,6,10H2,1-5H3,(H2,18,19,20). The maximum absolute atomic E-state index is 13.6. The smallest absolute Gasteiger partial charge is 0.191 e. The summed E-state index contributed by atoms with van der Waals surface area (Å²) >= 11 is 0. The van der Waals surface area contributed by atoms with Crippen LogP contribution in [0.1, 0.15) is 44.9 Å². The van der Waals surface area contributed by atoms with Crippen molar-refractivity contribution >= 4 is 5.96 Å². The number of aryl methyl sites for hydroxylation is 1. The predicted octanol–water partition coefficient (Wildman–Crippen LogP) is 3.41. The van der Waals surface area contributed by atoms with E-state index in [2.05, 4.69) is 29.5 Å². The van der Waals surface area contributed by atoms with Crippen LogP contribution in [0.15, 0.2) is 23.2 Å². The number of nitrogens with zero attached hydrogens (tertiary/aromatic N) is 1. The van der Waals surface area contributed by atoms with Crippen molar-refractivity contribution < 1.29 is 4.39 Å². The minimum atomic E-state index is -0.166. The highest BCUT2D eigenvalue weighted by Gasteiger charge is 2.09. The van der Waals surface area contributed by atoms with E-state index in [1.807, 2.05) is 19.9 Å². The van der Waals surface area contributed by atoms with Gasteiger partial charge in [0.1, 0.15) is 5.82 Å². The van der Waals surface area contributed by atoms with E-state index in [0.29, 0.717) is 11.5 Å². The molecule has 1 rings (SSSR count). The van der Waals surface area contributed by atoms with E-state index in [-0.39, 0.29) is 11.9 Å². The lowest BCUT2D eigenvalue weighted by Crippen LogP contribution is -2.39. The second-order valence-corrected chi connectivity index (χ2v) is 5.49. The summed E-state index contributed by atoms with van der Waals surface area (Å²) in [6.07, 6.45) is 0. The molecule has 0 saturated heterocycles. The Hall–Kier alpha value is -1.58. The van der Waals surface area contributed by atoms with Crippen LogP contribution in [0.4, 0.5) is 4.39 Å². The van der Waals surface area contributed by atoms with Gasteiger partial charge < -0.3 is 10.6 Å². The van der Waals surface area contributed by atoms with Crippen molar-refractivity contribution in [2.45, 2.75) is 40.7 Å². The molecule has 20 heavy (non-hydrogen) atoms. The minimum absolute atomic E-state index is 0.00932. The molecule has 0 radical (unpaired) electrons. The molecule has 0 aliphatic heterocycles. The van der Waals surface area contributed by atoms with Gasteiger partial charge in [-0.3, -0.25) is 4.99 Å². The van der Waals surface area contributed by atoms with E-state index < -0.39 is 0 Å². The van der Waals surface area contributed by atoms with E-state index in [1.54, 1.807) is 19.1 Å². The van der Waals surface area contributed by atoms with Gasteiger partial charge in [0.25, 0.3) is 0 Å². The molecule has 4 heteroatoms. The Balaban J connectivity index is 2.76. The summed E-state index contributed by atoms with van der Waals surface area (Å²) in [7, 11) is 0. The molecule has 1 aromatic rings. The molecule has 0 bridgehead atoms. The van der Waals surface area contributed by atoms with Crippen LogP contribution in [0.3, 0.4) is 0 Å². The zero-order chi connectivity index (χ0) is 15.1. The van der Waals surface area contributed by atoms with E-state index in [1.165, 1.54) is 0 Å². The highest BCUT2D eigenvalue weighted by atomic mass is 19.1. The molecule has 1 aromatic carbocycles. The van der Waals surface area contributed by atoms with Gasteiger partial charge >= 0.3 is 0 Å². The first-order valence-electron chi connectivity index (χ1n) is 7.25. The van der Waals surface area contributed by atoms with Crippen molar-refractivity contribution in [3.8, 4) is 0 Å². The fourth-order valence-corrected chi connectivity index (χ4v) is 1.76. The molecular formula is C16H26FN3. The van der Waals surface area contributed by atoms with E-state index in [9.17, 15) is 4.39 Å². The summed E-state index contributed by atoms with van der Waals surface area (Å²) in [5.41, 5.74) is 1.59. The number of aliphatic imine (C=N–C) groups is 1. The summed E-state index contributed by atoms with van der Waals surface area (Å²) in [6.45, 7) is 11.6. The first kappa shape index (κ1) is 16.5. The van der Waals surface area contributed by atoms with Crippen molar-refractivity contribution in [3.63, 3.8) is 0 Å². The predicted molar refractivity (Wildman–Crippen MR) is 83.5 cm³/mol. The largest absolute Gasteiger partial charge is 0.357 e. The molecule has 0 fully saturated rings. The number of hydrogen-bond donors (Lipinski definition) is 2. The summed E-state index contributed by atoms with van der Waals surface area (Å²) in [4.78, 5) is 4.52. The van der Waals surface area contributed by atoms with Crippen LogP contribution in [-0.2, 0) is 0 Å². The Labute approximate surface area is 121 Å². The number of nitrogens with one attached hydrogen (secondary N) is 2. The molecule has 0 saturated carbocycles. The lowest BCUT2D eigenvalue weighted by molar-refractivity contribution is 0.606. The van der Waals surface area contributed by atoms with E-state index >= 15 is 0 Å². The van der Waals surface area contributed by atoms with Crippen molar-refractivity contribution in [1.82, 2.24) is 10.6 Å². The monoisotopic (exact) mass is 279 g/mol. The highest BCUT2D eigenvalue weighted by Crippen LogP contribution is 2.16. The van der Waals surface area contributed by atoms with Gasteiger partial charge in [-0.2, -0.15) is 0 Å². The Kier molecular flexibility index (Phi) is 6.49. The normalized spacial score (nSPS) is 13.4. The third kappa shape index (κ3) is 5.19. The van der Waals surface area contributed by atoms with Crippen LogP contribution in [0.25, 0.3) is 0 Å². The first-order chi connectivity index (χ1) is 9.43. The zero-order valence-corrected chi connectivity index (χ0v) is 13.1. The number of hydrogen-bond acceptors (Lipinski definition) is 1. The molecule has 0 aromatic heterocycles. The molecule has 0 heterocycles. The molecule has 0 aliphatic rings. The maximum Gasteiger partial charge on any atom is 0.191 e. The van der Waals surface area contributed by atoms with Gasteiger partial charge in [0.05, 0.1) is 6.04 Å². The van der Waals surface area contributed by atoms with Crippen LogP contribution >= 0.6 is 0 Å². The summed E-state index contributed by atoms with van der Waals surface area (Å²) < 4.78 is 13.6. The zero-order valence-electron chi connectivity index (χ0n) is 13.1. The van der Waals surface area contributed by atoms with Crippen LogP contribution < -0.4 is 10.6 Å². The fourth-order valence-electron chi connectivity index (χ4n) is 1.76. The number of halogens is 1. The highest BCUT2D eigenvalue weighted by molar-refractivity contribution is 5.80. The third-order valence-electron chi connectivity index (χ3n) is 3.01. The first-order valence-corrected chi connectivity index (χ1v) is 7.25. The molecule has 0 amide bonds. The Morgan fingerprint density at radius 2 is 2.00 bits per heavy atom. The minimum Gasteiger partial charge on any atom is -0.357 e. The maximum atomic E-state index is 13.6. The van der Waals surface area contributed by atoms with Gasteiger partial charge in [0.2, 0.25) is 0 Å². The topological polar surface area (TPSA) is 36.4 Å². The van der Waals surface area contributed by atoms with Crippen molar-refractivity contribution in [2.24, 2.45) is 10.9 Å². The molecule has 3 nitrogen and oxygen atoms in total. The van der Waals surface area contributed by atoms with E-state index in [0.717, 1.165) is 24.6 Å². The average Bonchev–Trinajstić information content (AvgIpc) is 2.39. The second kappa shape index (κ2) is 7.88. The van der Waals surface area contributed by atoms with Crippen molar-refractivity contribution in [1.29, 1.82) is 0 Å². The Morgan fingerprint density at radius 3 is 2.55 bits per heavy atom. The third-order valence-corrected chi connectivity index (χ3v) is 3.01. The molecule has 0 spiro atoms. The summed E-state index contributed by atoms with van der Waals surface area (Å²) in [5, 5.41) is 6.52. The quantitative estimate of drug-likeness (QED) is 0.640. The van der Waals surface area contributed by atoms with Gasteiger partial charge in [-0.05, 0) is 43.9 Å². The lowest BCUT2D eigenvalue weighted by atomic mass is 10.1. The number of guanidine groups is 1. The average molecular weight is 279 g/mol. The van der Waals surface area contributed by atoms with Crippen LogP contribution in [0.5, 0.6) is 0 Å². The van der Waals surface area contributed by atoms with Crippen LogP contribution in [0.2, 0.25) is 0 Å². The van der Waals surface area contributed by atoms with Crippen LogP contribution in [0, 0.1) is 18.7 Å². The van der Waals surface area contributed by atoms with Crippen LogP contribution in [-0.4, -0.2) is 19.0 Å². The molecular weight excluding hydrogens is 253 g/mol. The van der Waals surface area contributed by atoms with Crippen molar-refractivity contribution in [2.75, 3.05) is 13.1 Å². The van der Waals surface area contributed by atoms with Gasteiger partial charge in [0.15, 0.2) is 5.96 Å². The van der Waals surface area contributed by atoms with E-state index in [4.69, 9.17) is 0 Å². The van der Waals surface area contributed by atoms with Gasteiger partial charge in [-0.25, -0.2) is 4.39 Å². The molecule has 1 atom stereocenters. The SMILES string of the molecule is CCNC(=NCC(C)C)NC(C)c1ccc(C)c(F)c1. The summed E-state index contributed by atoms with van der Waals surface area (Å²) in [5.74, 6) is 1.12. The van der Waals surface area contributed by atoms with Gasteiger partial charge in [-0.1, -0.05) is 26.0 Å². The fraction of sp³-hybridized carbons (Fsp3) is 0.562. The lowest BCUT2D eigenvalue weighted by Gasteiger charge is -2.19. The number of rotatable bonds is 5. The molecule has 0 aliphatic carbocycles. The Morgan fingerprint density at radius 1 is 1.30 bits per heavy atom. The second-order valence-electron chi connectivity index (χ2n) is 5.49. The molecule has 2 N–H and O–H groups in total. The number of benzene rings is 1. The van der Waals surface area contributed by atoms with Gasteiger partial charge in [-0.15, -0.1) is 0 Å². The Bertz CT molecular complexity index is 455.